The fourth-order valence-corrected chi connectivity index (χ4v) is 2.34. The van der Waals surface area contributed by atoms with E-state index in [-0.39, 0.29) is 12.2 Å². The molecule has 2 aromatic carbocycles. The minimum atomic E-state index is -0.401. The summed E-state index contributed by atoms with van der Waals surface area (Å²) in [5, 5.41) is 5.34. The van der Waals surface area contributed by atoms with Crippen LogP contribution in [-0.4, -0.2) is 15.6 Å². The number of Topliss-reactive ketones (excluding diaryl/α,β-unsaturated/α-hetero) is 1. The number of rotatable bonds is 3. The van der Waals surface area contributed by atoms with Gasteiger partial charge in [-0.2, -0.15) is 5.10 Å². The fraction of sp³-hybridized carbons (Fsp3) is 0.125. The molecule has 20 heavy (non-hydrogen) atoms. The van der Waals surface area contributed by atoms with E-state index in [0.29, 0.717) is 5.56 Å². The van der Waals surface area contributed by atoms with Crippen molar-refractivity contribution in [1.82, 2.24) is 9.78 Å². The Labute approximate surface area is 115 Å². The zero-order valence-electron chi connectivity index (χ0n) is 11.0. The molecule has 1 aromatic heterocycles. The second-order valence-electron chi connectivity index (χ2n) is 4.70. The van der Waals surface area contributed by atoms with Gasteiger partial charge in [0.2, 0.25) is 0 Å². The third-order valence-corrected chi connectivity index (χ3v) is 3.31. The lowest BCUT2D eigenvalue weighted by molar-refractivity contribution is 0.0991. The number of para-hydroxylation sites is 1. The third-order valence-electron chi connectivity index (χ3n) is 3.31. The summed E-state index contributed by atoms with van der Waals surface area (Å²) in [6.45, 7) is 0. The van der Waals surface area contributed by atoms with Gasteiger partial charge in [-0.1, -0.05) is 30.3 Å². The van der Waals surface area contributed by atoms with Crippen LogP contribution in [-0.2, 0) is 13.5 Å². The van der Waals surface area contributed by atoms with Crippen molar-refractivity contribution in [1.29, 1.82) is 0 Å². The lowest BCUT2D eigenvalue weighted by Crippen LogP contribution is -2.05. The summed E-state index contributed by atoms with van der Waals surface area (Å²) < 4.78 is 14.9. The van der Waals surface area contributed by atoms with Crippen LogP contribution in [0.3, 0.4) is 0 Å². The molecule has 1 heterocycles. The van der Waals surface area contributed by atoms with Gasteiger partial charge in [-0.15, -0.1) is 0 Å². The van der Waals surface area contributed by atoms with E-state index in [1.807, 2.05) is 31.3 Å². The molecule has 0 N–H and O–H groups in total. The van der Waals surface area contributed by atoms with E-state index in [1.54, 1.807) is 16.8 Å². The first-order valence-electron chi connectivity index (χ1n) is 6.34. The third kappa shape index (κ3) is 2.20. The lowest BCUT2D eigenvalue weighted by atomic mass is 10.0. The van der Waals surface area contributed by atoms with E-state index in [4.69, 9.17) is 0 Å². The Morgan fingerprint density at radius 1 is 1.20 bits per heavy atom. The first-order chi connectivity index (χ1) is 9.65. The Morgan fingerprint density at radius 3 is 2.80 bits per heavy atom. The van der Waals surface area contributed by atoms with Gasteiger partial charge in [-0.05, 0) is 18.2 Å². The highest BCUT2D eigenvalue weighted by Crippen LogP contribution is 2.19. The largest absolute Gasteiger partial charge is 0.294 e. The molecule has 0 radical (unpaired) electrons. The predicted molar refractivity (Wildman–Crippen MR) is 75.1 cm³/mol. The molecule has 0 unspecified atom stereocenters. The molecule has 0 fully saturated rings. The Morgan fingerprint density at radius 2 is 2.00 bits per heavy atom. The second-order valence-corrected chi connectivity index (χ2v) is 4.70. The van der Waals surface area contributed by atoms with Crippen molar-refractivity contribution in [3.8, 4) is 0 Å². The molecule has 0 aliphatic carbocycles. The first-order valence-corrected chi connectivity index (χ1v) is 6.34. The summed E-state index contributed by atoms with van der Waals surface area (Å²) in [4.78, 5) is 12.2. The molecule has 3 aromatic rings. The minimum Gasteiger partial charge on any atom is -0.294 e. The van der Waals surface area contributed by atoms with Gasteiger partial charge in [0.1, 0.15) is 5.82 Å². The summed E-state index contributed by atoms with van der Waals surface area (Å²) in [6, 6.07) is 13.5. The number of hydrogen-bond donors (Lipinski definition) is 0. The summed E-state index contributed by atoms with van der Waals surface area (Å²) in [5.41, 5.74) is 2.08. The molecule has 0 amide bonds. The van der Waals surface area contributed by atoms with Crippen LogP contribution in [0, 0.1) is 5.82 Å². The molecule has 0 aliphatic heterocycles. The summed E-state index contributed by atoms with van der Waals surface area (Å²) in [5.74, 6) is -0.532. The second kappa shape index (κ2) is 4.89. The quantitative estimate of drug-likeness (QED) is 0.684. The van der Waals surface area contributed by atoms with E-state index < -0.39 is 5.82 Å². The van der Waals surface area contributed by atoms with Crippen molar-refractivity contribution < 1.29 is 9.18 Å². The number of nitrogens with zero attached hydrogens (tertiary/aromatic N) is 2. The molecular weight excluding hydrogens is 255 g/mol. The molecule has 4 heteroatoms. The average molecular weight is 268 g/mol. The van der Waals surface area contributed by atoms with E-state index in [2.05, 4.69) is 5.10 Å². The van der Waals surface area contributed by atoms with Crippen molar-refractivity contribution in [3.63, 3.8) is 0 Å². The van der Waals surface area contributed by atoms with Gasteiger partial charge in [-0.25, -0.2) is 4.39 Å². The minimum absolute atomic E-state index is 0.131. The Hall–Kier alpha value is -2.49. The van der Waals surface area contributed by atoms with Crippen LogP contribution in [0.2, 0.25) is 0 Å². The normalized spacial score (nSPS) is 10.9. The van der Waals surface area contributed by atoms with Gasteiger partial charge < -0.3 is 0 Å². The summed E-state index contributed by atoms with van der Waals surface area (Å²) in [6.07, 6.45) is 0.171. The van der Waals surface area contributed by atoms with Crippen LogP contribution in [0.25, 0.3) is 10.9 Å². The van der Waals surface area contributed by atoms with Gasteiger partial charge in [0.05, 0.1) is 17.6 Å². The number of aromatic nitrogens is 2. The molecule has 0 atom stereocenters. The van der Waals surface area contributed by atoms with Crippen molar-refractivity contribution >= 4 is 16.7 Å². The number of benzene rings is 2. The SMILES string of the molecule is Cn1nc(CC(=O)c2cccc(F)c2)c2ccccc21. The average Bonchev–Trinajstić information content (AvgIpc) is 2.76. The highest BCUT2D eigenvalue weighted by molar-refractivity contribution is 5.99. The number of carbonyl (C=O) groups is 1. The Kier molecular flexibility index (Phi) is 3.06. The molecule has 0 aliphatic rings. The molecule has 0 saturated carbocycles. The van der Waals surface area contributed by atoms with Crippen LogP contribution in [0.15, 0.2) is 48.5 Å². The number of fused-ring (bicyclic) bond motifs is 1. The van der Waals surface area contributed by atoms with Gasteiger partial charge in [0, 0.05) is 18.0 Å². The maximum atomic E-state index is 13.2. The molecule has 0 saturated heterocycles. The van der Waals surface area contributed by atoms with E-state index in [0.717, 1.165) is 16.6 Å². The number of carbonyl (C=O) groups excluding carboxylic acids is 1. The lowest BCUT2D eigenvalue weighted by Gasteiger charge is -1.99. The zero-order chi connectivity index (χ0) is 14.1. The van der Waals surface area contributed by atoms with Gasteiger partial charge in [0.15, 0.2) is 5.78 Å². The van der Waals surface area contributed by atoms with Crippen molar-refractivity contribution in [2.45, 2.75) is 6.42 Å². The van der Waals surface area contributed by atoms with Gasteiger partial charge >= 0.3 is 0 Å². The summed E-state index contributed by atoms with van der Waals surface area (Å²) >= 11 is 0. The van der Waals surface area contributed by atoms with Gasteiger partial charge in [-0.3, -0.25) is 9.48 Å². The molecule has 0 spiro atoms. The maximum Gasteiger partial charge on any atom is 0.169 e. The summed E-state index contributed by atoms with van der Waals surface area (Å²) in [7, 11) is 1.85. The molecule has 0 bridgehead atoms. The van der Waals surface area contributed by atoms with Crippen molar-refractivity contribution in [3.05, 3.63) is 65.6 Å². The van der Waals surface area contributed by atoms with Crippen LogP contribution < -0.4 is 0 Å². The van der Waals surface area contributed by atoms with Crippen molar-refractivity contribution in [2.24, 2.45) is 7.05 Å². The molecule has 100 valence electrons. The topological polar surface area (TPSA) is 34.9 Å². The zero-order valence-corrected chi connectivity index (χ0v) is 11.0. The van der Waals surface area contributed by atoms with Crippen LogP contribution in [0.5, 0.6) is 0 Å². The Balaban J connectivity index is 1.95. The van der Waals surface area contributed by atoms with Crippen molar-refractivity contribution in [2.75, 3.05) is 0 Å². The number of halogens is 1. The molecule has 3 rings (SSSR count). The molecule has 3 nitrogen and oxygen atoms in total. The highest BCUT2D eigenvalue weighted by atomic mass is 19.1. The predicted octanol–water partition coefficient (Wildman–Crippen LogP) is 3.14. The maximum absolute atomic E-state index is 13.2. The first kappa shape index (κ1) is 12.5. The van der Waals surface area contributed by atoms with Crippen LogP contribution in [0.1, 0.15) is 16.1 Å². The number of hydrogen-bond acceptors (Lipinski definition) is 2. The van der Waals surface area contributed by atoms with E-state index >= 15 is 0 Å². The number of ketones is 1. The van der Waals surface area contributed by atoms with E-state index in [9.17, 15) is 9.18 Å². The number of aryl methyl sites for hydroxylation is 1. The van der Waals surface area contributed by atoms with Gasteiger partial charge in [0.25, 0.3) is 0 Å². The van der Waals surface area contributed by atoms with Crippen LogP contribution >= 0.6 is 0 Å². The fourth-order valence-electron chi connectivity index (χ4n) is 2.34. The Bertz CT molecular complexity index is 792. The standard InChI is InChI=1S/C16H13FN2O/c1-19-15-8-3-2-7-13(15)14(18-19)10-16(20)11-5-4-6-12(17)9-11/h2-9H,10H2,1H3. The molecular formula is C16H13FN2O. The smallest absolute Gasteiger partial charge is 0.169 e. The van der Waals surface area contributed by atoms with E-state index in [1.165, 1.54) is 12.1 Å². The van der Waals surface area contributed by atoms with Crippen LogP contribution in [0.4, 0.5) is 4.39 Å². The monoisotopic (exact) mass is 268 g/mol. The highest BCUT2D eigenvalue weighted by Gasteiger charge is 2.13.